The molecule has 0 amide bonds. The van der Waals surface area contributed by atoms with Crippen LogP contribution in [0.3, 0.4) is 0 Å². The summed E-state index contributed by atoms with van der Waals surface area (Å²) in [4.78, 5) is 4.55. The minimum absolute atomic E-state index is 0.213. The Morgan fingerprint density at radius 2 is 2.19 bits per heavy atom. The van der Waals surface area contributed by atoms with E-state index in [1.165, 1.54) is 25.0 Å². The Labute approximate surface area is 99.4 Å². The molecule has 2 heterocycles. The SMILES string of the molecule is NC1CCCC1c1nc(C2CCCS2)no1. The molecule has 16 heavy (non-hydrogen) atoms. The number of hydrogen-bond donors (Lipinski definition) is 1. The molecule has 88 valence electrons. The lowest BCUT2D eigenvalue weighted by molar-refractivity contribution is 0.341. The van der Waals surface area contributed by atoms with Gasteiger partial charge in [-0.15, -0.1) is 0 Å². The van der Waals surface area contributed by atoms with Crippen molar-refractivity contribution in [2.75, 3.05) is 5.75 Å². The molecule has 2 aliphatic rings. The molecule has 1 aromatic rings. The van der Waals surface area contributed by atoms with E-state index in [0.29, 0.717) is 11.2 Å². The van der Waals surface area contributed by atoms with Gasteiger partial charge >= 0.3 is 0 Å². The fourth-order valence-electron chi connectivity index (χ4n) is 2.61. The smallest absolute Gasteiger partial charge is 0.231 e. The third kappa shape index (κ3) is 1.86. The van der Waals surface area contributed by atoms with Crippen molar-refractivity contribution >= 4 is 11.8 Å². The van der Waals surface area contributed by atoms with Crippen LogP contribution in [-0.4, -0.2) is 21.9 Å². The molecule has 2 N–H and O–H groups in total. The van der Waals surface area contributed by atoms with Gasteiger partial charge in [0, 0.05) is 6.04 Å². The lowest BCUT2D eigenvalue weighted by atomic mass is 10.1. The van der Waals surface area contributed by atoms with Crippen LogP contribution in [0, 0.1) is 0 Å². The van der Waals surface area contributed by atoms with E-state index in [1.54, 1.807) is 0 Å². The van der Waals surface area contributed by atoms with Crippen LogP contribution in [0.1, 0.15) is 55.0 Å². The summed E-state index contributed by atoms with van der Waals surface area (Å²) in [5.74, 6) is 3.18. The molecule has 1 aliphatic heterocycles. The average molecular weight is 239 g/mol. The van der Waals surface area contributed by atoms with Crippen LogP contribution in [0.2, 0.25) is 0 Å². The van der Waals surface area contributed by atoms with Crippen LogP contribution in [0.25, 0.3) is 0 Å². The van der Waals surface area contributed by atoms with Crippen molar-refractivity contribution < 1.29 is 4.52 Å². The monoisotopic (exact) mass is 239 g/mol. The molecule has 3 unspecified atom stereocenters. The molecular weight excluding hydrogens is 222 g/mol. The van der Waals surface area contributed by atoms with Crippen LogP contribution in [0.5, 0.6) is 0 Å². The Bertz CT molecular complexity index is 362. The lowest BCUT2D eigenvalue weighted by Crippen LogP contribution is -2.22. The molecule has 1 saturated carbocycles. The minimum atomic E-state index is 0.213. The summed E-state index contributed by atoms with van der Waals surface area (Å²) in [7, 11) is 0. The summed E-state index contributed by atoms with van der Waals surface area (Å²) in [6.07, 6.45) is 5.81. The van der Waals surface area contributed by atoms with Crippen molar-refractivity contribution in [3.63, 3.8) is 0 Å². The predicted molar refractivity (Wildman–Crippen MR) is 63.3 cm³/mol. The van der Waals surface area contributed by atoms with E-state index >= 15 is 0 Å². The largest absolute Gasteiger partial charge is 0.339 e. The summed E-state index contributed by atoms with van der Waals surface area (Å²) < 4.78 is 5.38. The maximum absolute atomic E-state index is 6.04. The second kappa shape index (κ2) is 4.37. The quantitative estimate of drug-likeness (QED) is 0.857. The standard InChI is InChI=1S/C11H17N3OS/c12-8-4-1-3-7(8)11-13-10(14-15-11)9-5-2-6-16-9/h7-9H,1-6,12H2. The molecule has 1 saturated heterocycles. The molecule has 3 rings (SSSR count). The van der Waals surface area contributed by atoms with Crippen LogP contribution < -0.4 is 5.73 Å². The number of aromatic nitrogens is 2. The lowest BCUT2D eigenvalue weighted by Gasteiger charge is -2.09. The van der Waals surface area contributed by atoms with Crippen molar-refractivity contribution in [2.24, 2.45) is 5.73 Å². The Balaban J connectivity index is 1.76. The normalized spacial score (nSPS) is 34.7. The van der Waals surface area contributed by atoms with Crippen molar-refractivity contribution in [3.05, 3.63) is 11.7 Å². The number of hydrogen-bond acceptors (Lipinski definition) is 5. The second-order valence-electron chi connectivity index (χ2n) is 4.69. The molecule has 1 aromatic heterocycles. The maximum atomic E-state index is 6.04. The average Bonchev–Trinajstić information content (AvgIpc) is 2.96. The van der Waals surface area contributed by atoms with Gasteiger partial charge in [-0.1, -0.05) is 11.6 Å². The van der Waals surface area contributed by atoms with E-state index in [9.17, 15) is 0 Å². The van der Waals surface area contributed by atoms with E-state index in [1.807, 2.05) is 11.8 Å². The first kappa shape index (κ1) is 10.6. The van der Waals surface area contributed by atoms with Crippen molar-refractivity contribution in [1.29, 1.82) is 0 Å². The van der Waals surface area contributed by atoms with Crippen LogP contribution >= 0.6 is 11.8 Å². The van der Waals surface area contributed by atoms with Gasteiger partial charge < -0.3 is 10.3 Å². The van der Waals surface area contributed by atoms with Gasteiger partial charge in [0.05, 0.1) is 11.2 Å². The molecule has 0 bridgehead atoms. The Hall–Kier alpha value is -0.550. The van der Waals surface area contributed by atoms with Gasteiger partial charge in [-0.25, -0.2) is 0 Å². The molecule has 0 radical (unpaired) electrons. The summed E-state index contributed by atoms with van der Waals surface area (Å²) in [5.41, 5.74) is 6.04. The maximum Gasteiger partial charge on any atom is 0.231 e. The van der Waals surface area contributed by atoms with Gasteiger partial charge in [0.2, 0.25) is 5.89 Å². The third-order valence-electron chi connectivity index (χ3n) is 3.56. The highest BCUT2D eigenvalue weighted by Crippen LogP contribution is 2.39. The third-order valence-corrected chi connectivity index (χ3v) is 4.93. The molecule has 4 nitrogen and oxygen atoms in total. The zero-order valence-corrected chi connectivity index (χ0v) is 10.1. The zero-order chi connectivity index (χ0) is 11.0. The Morgan fingerprint density at radius 1 is 1.25 bits per heavy atom. The van der Waals surface area contributed by atoms with E-state index in [-0.39, 0.29) is 6.04 Å². The summed E-state index contributed by atoms with van der Waals surface area (Å²) in [6.45, 7) is 0. The highest BCUT2D eigenvalue weighted by molar-refractivity contribution is 7.99. The van der Waals surface area contributed by atoms with E-state index in [4.69, 9.17) is 10.3 Å². The highest BCUT2D eigenvalue weighted by Gasteiger charge is 2.31. The first-order valence-electron chi connectivity index (χ1n) is 6.05. The molecule has 2 fully saturated rings. The van der Waals surface area contributed by atoms with Gasteiger partial charge in [0.1, 0.15) is 0 Å². The van der Waals surface area contributed by atoms with Gasteiger partial charge in [0.15, 0.2) is 5.82 Å². The van der Waals surface area contributed by atoms with Crippen molar-refractivity contribution in [1.82, 2.24) is 10.1 Å². The second-order valence-corrected chi connectivity index (χ2v) is 6.00. The zero-order valence-electron chi connectivity index (χ0n) is 9.26. The molecule has 3 atom stereocenters. The van der Waals surface area contributed by atoms with Gasteiger partial charge in [0.25, 0.3) is 0 Å². The molecule has 5 heteroatoms. The van der Waals surface area contributed by atoms with Crippen molar-refractivity contribution in [3.8, 4) is 0 Å². The fourth-order valence-corrected chi connectivity index (χ4v) is 3.80. The van der Waals surface area contributed by atoms with E-state index in [2.05, 4.69) is 10.1 Å². The van der Waals surface area contributed by atoms with Crippen LogP contribution in [-0.2, 0) is 0 Å². The molecule has 0 aromatic carbocycles. The van der Waals surface area contributed by atoms with Gasteiger partial charge in [-0.3, -0.25) is 0 Å². The van der Waals surface area contributed by atoms with E-state index < -0.39 is 0 Å². The van der Waals surface area contributed by atoms with E-state index in [0.717, 1.165) is 24.6 Å². The first-order valence-corrected chi connectivity index (χ1v) is 7.10. The first-order chi connectivity index (χ1) is 7.84. The fraction of sp³-hybridized carbons (Fsp3) is 0.818. The van der Waals surface area contributed by atoms with Gasteiger partial charge in [-0.05, 0) is 31.4 Å². The van der Waals surface area contributed by atoms with Crippen LogP contribution in [0.4, 0.5) is 0 Å². The molecular formula is C11H17N3OS. The van der Waals surface area contributed by atoms with Crippen molar-refractivity contribution in [2.45, 2.75) is 49.3 Å². The molecule has 0 spiro atoms. The minimum Gasteiger partial charge on any atom is -0.339 e. The molecule has 1 aliphatic carbocycles. The predicted octanol–water partition coefficient (Wildman–Crippen LogP) is 2.23. The summed E-state index contributed by atoms with van der Waals surface area (Å²) in [6, 6.07) is 0.213. The summed E-state index contributed by atoms with van der Waals surface area (Å²) in [5, 5.41) is 4.57. The highest BCUT2D eigenvalue weighted by atomic mass is 32.2. The summed E-state index contributed by atoms with van der Waals surface area (Å²) >= 11 is 1.94. The Morgan fingerprint density at radius 3 is 2.88 bits per heavy atom. The number of rotatable bonds is 2. The topological polar surface area (TPSA) is 64.9 Å². The number of nitrogens with zero attached hydrogens (tertiary/aromatic N) is 2. The Kier molecular flexibility index (Phi) is 2.90. The number of nitrogens with two attached hydrogens (primary N) is 1. The van der Waals surface area contributed by atoms with Gasteiger partial charge in [-0.2, -0.15) is 16.7 Å². The van der Waals surface area contributed by atoms with Crippen LogP contribution in [0.15, 0.2) is 4.52 Å². The number of thioether (sulfide) groups is 1.